The van der Waals surface area contributed by atoms with E-state index in [1.54, 1.807) is 12.0 Å². The fourth-order valence-electron chi connectivity index (χ4n) is 2.40. The monoisotopic (exact) mass is 329 g/mol. The molecular formula is C16H31N3O4. The van der Waals surface area contributed by atoms with Gasteiger partial charge in [-0.1, -0.05) is 0 Å². The number of carbonyl (C=O) groups is 2. The van der Waals surface area contributed by atoms with Gasteiger partial charge >= 0.3 is 6.09 Å². The molecule has 0 aromatic carbocycles. The van der Waals surface area contributed by atoms with Crippen LogP contribution in [0.5, 0.6) is 0 Å². The zero-order chi connectivity index (χ0) is 17.3. The number of likely N-dealkylation sites (tertiary alicyclic amines) is 1. The number of amides is 2. The lowest BCUT2D eigenvalue weighted by atomic mass is 10.1. The van der Waals surface area contributed by atoms with E-state index in [0.29, 0.717) is 32.8 Å². The molecule has 7 nitrogen and oxygen atoms in total. The largest absolute Gasteiger partial charge is 0.444 e. The third kappa shape index (κ3) is 8.76. The summed E-state index contributed by atoms with van der Waals surface area (Å²) in [6, 6.07) is 0.246. The molecule has 0 bridgehead atoms. The van der Waals surface area contributed by atoms with E-state index in [1.807, 2.05) is 20.8 Å². The van der Waals surface area contributed by atoms with Crippen LogP contribution < -0.4 is 10.6 Å². The molecule has 1 heterocycles. The van der Waals surface area contributed by atoms with Gasteiger partial charge in [-0.25, -0.2) is 4.79 Å². The van der Waals surface area contributed by atoms with Crippen LogP contribution in [0.2, 0.25) is 0 Å². The molecule has 1 fully saturated rings. The van der Waals surface area contributed by atoms with Crippen molar-refractivity contribution >= 4 is 12.0 Å². The predicted molar refractivity (Wildman–Crippen MR) is 88.3 cm³/mol. The molecule has 0 aliphatic carbocycles. The molecule has 23 heavy (non-hydrogen) atoms. The van der Waals surface area contributed by atoms with Crippen LogP contribution in [0.15, 0.2) is 0 Å². The summed E-state index contributed by atoms with van der Waals surface area (Å²) in [5.74, 6) is -0.0321. The normalized spacial score (nSPS) is 19.1. The van der Waals surface area contributed by atoms with Gasteiger partial charge in [-0.2, -0.15) is 0 Å². The summed E-state index contributed by atoms with van der Waals surface area (Å²) in [5, 5.41) is 6.04. The Bertz CT molecular complexity index is 382. The molecule has 7 heteroatoms. The number of rotatable bonds is 6. The Morgan fingerprint density at radius 2 is 1.96 bits per heavy atom. The van der Waals surface area contributed by atoms with Crippen molar-refractivity contribution in [2.45, 2.75) is 51.7 Å². The third-order valence-corrected chi connectivity index (χ3v) is 3.56. The van der Waals surface area contributed by atoms with E-state index in [9.17, 15) is 9.59 Å². The maximum atomic E-state index is 12.1. The highest BCUT2D eigenvalue weighted by atomic mass is 16.6. The molecule has 134 valence electrons. The lowest BCUT2D eigenvalue weighted by Crippen LogP contribution is -2.41. The minimum Gasteiger partial charge on any atom is -0.444 e. The summed E-state index contributed by atoms with van der Waals surface area (Å²) >= 11 is 0. The van der Waals surface area contributed by atoms with E-state index in [4.69, 9.17) is 9.47 Å². The highest BCUT2D eigenvalue weighted by Gasteiger charge is 2.25. The van der Waals surface area contributed by atoms with Gasteiger partial charge in [0.2, 0.25) is 5.91 Å². The Balaban J connectivity index is 2.29. The summed E-state index contributed by atoms with van der Waals surface area (Å²) in [4.78, 5) is 25.5. The Labute approximate surface area is 139 Å². The molecule has 0 spiro atoms. The molecule has 1 aliphatic heterocycles. The summed E-state index contributed by atoms with van der Waals surface area (Å²) in [7, 11) is 1.60. The topological polar surface area (TPSA) is 79.9 Å². The number of carbonyl (C=O) groups excluding carboxylic acids is 2. The number of methoxy groups -OCH3 is 1. The van der Waals surface area contributed by atoms with Crippen LogP contribution in [0.4, 0.5) is 4.79 Å². The molecule has 0 saturated carbocycles. The SMILES string of the molecule is COCCNC(=O)CNC1CCCN(C(=O)OC(C)(C)C)CC1. The van der Waals surface area contributed by atoms with Crippen molar-refractivity contribution < 1.29 is 19.1 Å². The van der Waals surface area contributed by atoms with Crippen LogP contribution in [-0.4, -0.2) is 68.4 Å². The van der Waals surface area contributed by atoms with Gasteiger partial charge in [-0.3, -0.25) is 4.79 Å². The van der Waals surface area contributed by atoms with Crippen molar-refractivity contribution in [1.29, 1.82) is 0 Å². The average molecular weight is 329 g/mol. The minimum atomic E-state index is -0.471. The Kier molecular flexibility index (Phi) is 8.33. The molecule has 1 atom stereocenters. The third-order valence-electron chi connectivity index (χ3n) is 3.56. The van der Waals surface area contributed by atoms with E-state index in [-0.39, 0.29) is 18.0 Å². The van der Waals surface area contributed by atoms with Crippen molar-refractivity contribution in [2.75, 3.05) is 39.9 Å². The second-order valence-electron chi connectivity index (χ2n) is 6.82. The van der Waals surface area contributed by atoms with Crippen molar-refractivity contribution in [3.05, 3.63) is 0 Å². The second kappa shape index (κ2) is 9.72. The van der Waals surface area contributed by atoms with Gasteiger partial charge in [-0.05, 0) is 40.0 Å². The molecule has 0 aromatic heterocycles. The number of nitrogens with zero attached hydrogens (tertiary/aromatic N) is 1. The molecule has 1 saturated heterocycles. The van der Waals surface area contributed by atoms with Gasteiger partial charge in [0, 0.05) is 32.8 Å². The second-order valence-corrected chi connectivity index (χ2v) is 6.82. The Morgan fingerprint density at radius 1 is 1.22 bits per heavy atom. The highest BCUT2D eigenvalue weighted by molar-refractivity contribution is 5.78. The van der Waals surface area contributed by atoms with Gasteiger partial charge in [-0.15, -0.1) is 0 Å². The van der Waals surface area contributed by atoms with Gasteiger partial charge in [0.1, 0.15) is 5.60 Å². The molecule has 1 unspecified atom stereocenters. The standard InChI is InChI=1S/C16H31N3O4/c1-16(2,3)23-15(21)19-9-5-6-13(7-10-19)18-12-14(20)17-8-11-22-4/h13,18H,5-12H2,1-4H3,(H,17,20). The maximum Gasteiger partial charge on any atom is 0.410 e. The van der Waals surface area contributed by atoms with Crippen LogP contribution in [0.3, 0.4) is 0 Å². The van der Waals surface area contributed by atoms with E-state index in [1.165, 1.54) is 0 Å². The summed E-state index contributed by atoms with van der Waals surface area (Å²) in [6.07, 6.45) is 2.42. The highest BCUT2D eigenvalue weighted by Crippen LogP contribution is 2.15. The fourth-order valence-corrected chi connectivity index (χ4v) is 2.40. The summed E-state index contributed by atoms with van der Waals surface area (Å²) in [5.41, 5.74) is -0.471. The predicted octanol–water partition coefficient (Wildman–Crippen LogP) is 1.13. The first-order valence-corrected chi connectivity index (χ1v) is 8.29. The first kappa shape index (κ1) is 19.7. The summed E-state index contributed by atoms with van der Waals surface area (Å²) < 4.78 is 10.3. The van der Waals surface area contributed by atoms with Crippen LogP contribution in [-0.2, 0) is 14.3 Å². The summed E-state index contributed by atoms with van der Waals surface area (Å²) in [6.45, 7) is 8.29. The van der Waals surface area contributed by atoms with Crippen molar-refractivity contribution in [3.8, 4) is 0 Å². The fraction of sp³-hybridized carbons (Fsp3) is 0.875. The van der Waals surface area contributed by atoms with Crippen LogP contribution in [0.1, 0.15) is 40.0 Å². The lowest BCUT2D eigenvalue weighted by molar-refractivity contribution is -0.120. The van der Waals surface area contributed by atoms with Crippen LogP contribution >= 0.6 is 0 Å². The Hall–Kier alpha value is -1.34. The number of hydrogen-bond donors (Lipinski definition) is 2. The van der Waals surface area contributed by atoms with E-state index >= 15 is 0 Å². The molecule has 0 aromatic rings. The minimum absolute atomic E-state index is 0.0321. The van der Waals surface area contributed by atoms with Crippen molar-refractivity contribution in [3.63, 3.8) is 0 Å². The van der Waals surface area contributed by atoms with Gasteiger partial charge < -0.3 is 25.0 Å². The van der Waals surface area contributed by atoms with Gasteiger partial charge in [0.15, 0.2) is 0 Å². The van der Waals surface area contributed by atoms with E-state index in [0.717, 1.165) is 19.3 Å². The quantitative estimate of drug-likeness (QED) is 0.714. The van der Waals surface area contributed by atoms with Crippen molar-refractivity contribution in [1.82, 2.24) is 15.5 Å². The molecule has 0 radical (unpaired) electrons. The van der Waals surface area contributed by atoms with E-state index in [2.05, 4.69) is 10.6 Å². The number of nitrogens with one attached hydrogen (secondary N) is 2. The number of hydrogen-bond acceptors (Lipinski definition) is 5. The molecular weight excluding hydrogens is 298 g/mol. The first-order valence-electron chi connectivity index (χ1n) is 8.29. The van der Waals surface area contributed by atoms with Crippen LogP contribution in [0, 0.1) is 0 Å². The average Bonchev–Trinajstić information content (AvgIpc) is 2.69. The van der Waals surface area contributed by atoms with Gasteiger partial charge in [0.05, 0.1) is 13.2 Å². The zero-order valence-electron chi connectivity index (χ0n) is 14.8. The lowest BCUT2D eigenvalue weighted by Gasteiger charge is -2.26. The molecule has 2 N–H and O–H groups in total. The maximum absolute atomic E-state index is 12.1. The molecule has 2 amide bonds. The molecule has 1 rings (SSSR count). The first-order chi connectivity index (χ1) is 10.8. The molecule has 1 aliphatic rings. The van der Waals surface area contributed by atoms with Crippen molar-refractivity contribution in [2.24, 2.45) is 0 Å². The number of ether oxygens (including phenoxy) is 2. The van der Waals surface area contributed by atoms with Crippen LogP contribution in [0.25, 0.3) is 0 Å². The smallest absolute Gasteiger partial charge is 0.410 e. The van der Waals surface area contributed by atoms with E-state index < -0.39 is 5.60 Å². The Morgan fingerprint density at radius 3 is 2.61 bits per heavy atom. The van der Waals surface area contributed by atoms with Gasteiger partial charge in [0.25, 0.3) is 0 Å². The zero-order valence-corrected chi connectivity index (χ0v) is 14.8.